The largest absolute Gasteiger partial charge is 0.368 e. The Bertz CT molecular complexity index is 572. The van der Waals surface area contributed by atoms with Gasteiger partial charge in [0.15, 0.2) is 0 Å². The Labute approximate surface area is 138 Å². The number of fused-ring (bicyclic) bond motifs is 1. The van der Waals surface area contributed by atoms with Crippen LogP contribution in [0.15, 0.2) is 18.2 Å². The fourth-order valence-corrected chi connectivity index (χ4v) is 3.08. The molecule has 2 aliphatic rings. The Balaban J connectivity index is 1.63. The standard InChI is InChI=1S/C18H27N3O2/c1-18(2,3)17(22)23-21-11-9-20(10-12-21)16-6-4-5-14-13-19-8-7-15(14)16/h4-6,19H,7-13H2,1-3H3. The van der Waals surface area contributed by atoms with Crippen LogP contribution in [0.3, 0.4) is 0 Å². The van der Waals surface area contributed by atoms with Crippen LogP contribution in [0.25, 0.3) is 0 Å². The van der Waals surface area contributed by atoms with E-state index in [1.165, 1.54) is 16.8 Å². The summed E-state index contributed by atoms with van der Waals surface area (Å²) >= 11 is 0. The minimum absolute atomic E-state index is 0.158. The predicted octanol–water partition coefficient (Wildman–Crippen LogP) is 1.96. The van der Waals surface area contributed by atoms with Gasteiger partial charge < -0.3 is 15.1 Å². The van der Waals surface area contributed by atoms with Crippen molar-refractivity contribution in [2.75, 3.05) is 37.6 Å². The molecule has 0 spiro atoms. The number of carbonyl (C=O) groups is 1. The summed E-state index contributed by atoms with van der Waals surface area (Å²) in [7, 11) is 0. The summed E-state index contributed by atoms with van der Waals surface area (Å²) in [6.45, 7) is 11.0. The van der Waals surface area contributed by atoms with Crippen LogP contribution in [0, 0.1) is 5.41 Å². The molecule has 126 valence electrons. The average Bonchev–Trinajstić information content (AvgIpc) is 2.54. The van der Waals surface area contributed by atoms with Gasteiger partial charge in [0.25, 0.3) is 0 Å². The number of hydrogen-bond acceptors (Lipinski definition) is 5. The number of anilines is 1. The number of nitrogens with zero attached hydrogens (tertiary/aromatic N) is 2. The number of piperazine rings is 1. The Kier molecular flexibility index (Phi) is 4.60. The number of benzene rings is 1. The van der Waals surface area contributed by atoms with Crippen molar-refractivity contribution in [1.29, 1.82) is 0 Å². The summed E-state index contributed by atoms with van der Waals surface area (Å²) in [5.41, 5.74) is 3.79. The number of carbonyl (C=O) groups excluding carboxylic acids is 1. The smallest absolute Gasteiger partial charge is 0.330 e. The van der Waals surface area contributed by atoms with Crippen molar-refractivity contribution < 1.29 is 9.63 Å². The molecular weight excluding hydrogens is 290 g/mol. The Morgan fingerprint density at radius 1 is 1.17 bits per heavy atom. The van der Waals surface area contributed by atoms with Crippen molar-refractivity contribution in [1.82, 2.24) is 10.4 Å². The number of hydrogen-bond donors (Lipinski definition) is 1. The van der Waals surface area contributed by atoms with Crippen molar-refractivity contribution in [3.8, 4) is 0 Å². The fourth-order valence-electron chi connectivity index (χ4n) is 3.08. The average molecular weight is 317 g/mol. The van der Waals surface area contributed by atoms with E-state index in [9.17, 15) is 4.79 Å². The number of nitrogens with one attached hydrogen (secondary N) is 1. The van der Waals surface area contributed by atoms with Crippen LogP contribution < -0.4 is 10.2 Å². The SMILES string of the molecule is CC(C)(C)C(=O)ON1CCN(c2cccc3c2CCNC3)CC1. The van der Waals surface area contributed by atoms with Gasteiger partial charge in [-0.3, -0.25) is 0 Å². The van der Waals surface area contributed by atoms with Gasteiger partial charge in [0.1, 0.15) is 0 Å². The second-order valence-electron chi connectivity index (χ2n) is 7.39. The summed E-state index contributed by atoms with van der Waals surface area (Å²) in [4.78, 5) is 19.9. The first kappa shape index (κ1) is 16.3. The van der Waals surface area contributed by atoms with Crippen LogP contribution in [0.1, 0.15) is 31.9 Å². The molecule has 1 aromatic carbocycles. The van der Waals surface area contributed by atoms with E-state index in [0.717, 1.165) is 45.7 Å². The highest BCUT2D eigenvalue weighted by molar-refractivity contribution is 5.75. The van der Waals surface area contributed by atoms with Crippen LogP contribution in [0.2, 0.25) is 0 Å². The highest BCUT2D eigenvalue weighted by Gasteiger charge is 2.28. The first-order valence-corrected chi connectivity index (χ1v) is 8.49. The molecule has 0 amide bonds. The first-order chi connectivity index (χ1) is 10.9. The maximum atomic E-state index is 12.0. The van der Waals surface area contributed by atoms with E-state index in [1.54, 1.807) is 5.06 Å². The predicted molar refractivity (Wildman–Crippen MR) is 91.2 cm³/mol. The molecule has 2 aliphatic heterocycles. The third-order valence-corrected chi connectivity index (χ3v) is 4.52. The van der Waals surface area contributed by atoms with E-state index in [1.807, 2.05) is 20.8 Å². The molecule has 5 nitrogen and oxygen atoms in total. The molecule has 0 aromatic heterocycles. The lowest BCUT2D eigenvalue weighted by atomic mass is 9.97. The van der Waals surface area contributed by atoms with Crippen molar-refractivity contribution in [3.63, 3.8) is 0 Å². The van der Waals surface area contributed by atoms with Crippen LogP contribution in [0.4, 0.5) is 5.69 Å². The molecule has 2 heterocycles. The lowest BCUT2D eigenvalue weighted by Crippen LogP contribution is -2.48. The van der Waals surface area contributed by atoms with E-state index in [2.05, 4.69) is 28.4 Å². The van der Waals surface area contributed by atoms with Crippen molar-refractivity contribution in [2.45, 2.75) is 33.7 Å². The Hall–Kier alpha value is -1.59. The molecule has 3 rings (SSSR count). The lowest BCUT2D eigenvalue weighted by Gasteiger charge is -2.37. The molecule has 23 heavy (non-hydrogen) atoms. The van der Waals surface area contributed by atoms with E-state index in [0.29, 0.717) is 0 Å². The molecule has 1 N–H and O–H groups in total. The van der Waals surface area contributed by atoms with Gasteiger partial charge in [0.05, 0.1) is 18.5 Å². The maximum Gasteiger partial charge on any atom is 0.330 e. The number of rotatable bonds is 2. The summed E-state index contributed by atoms with van der Waals surface area (Å²) in [5.74, 6) is -0.158. The molecular formula is C18H27N3O2. The second-order valence-corrected chi connectivity index (χ2v) is 7.39. The van der Waals surface area contributed by atoms with E-state index in [4.69, 9.17) is 4.84 Å². The van der Waals surface area contributed by atoms with Crippen LogP contribution in [0.5, 0.6) is 0 Å². The monoisotopic (exact) mass is 317 g/mol. The van der Waals surface area contributed by atoms with Gasteiger partial charge in [-0.1, -0.05) is 12.1 Å². The minimum Gasteiger partial charge on any atom is -0.368 e. The van der Waals surface area contributed by atoms with Crippen molar-refractivity contribution in [2.24, 2.45) is 5.41 Å². The van der Waals surface area contributed by atoms with Gasteiger partial charge in [-0.2, -0.15) is 0 Å². The molecule has 1 aromatic rings. The Morgan fingerprint density at radius 2 is 1.91 bits per heavy atom. The topological polar surface area (TPSA) is 44.8 Å². The zero-order valence-electron chi connectivity index (χ0n) is 14.4. The summed E-state index contributed by atoms with van der Waals surface area (Å²) in [5, 5.41) is 5.24. The van der Waals surface area contributed by atoms with E-state index in [-0.39, 0.29) is 5.97 Å². The summed E-state index contributed by atoms with van der Waals surface area (Å²) in [6, 6.07) is 6.58. The molecule has 1 fully saturated rings. The quantitative estimate of drug-likeness (QED) is 0.903. The third-order valence-electron chi connectivity index (χ3n) is 4.52. The van der Waals surface area contributed by atoms with Gasteiger partial charge in [0, 0.05) is 25.3 Å². The fraction of sp³-hybridized carbons (Fsp3) is 0.611. The van der Waals surface area contributed by atoms with Gasteiger partial charge in [-0.05, 0) is 50.9 Å². The molecule has 0 saturated carbocycles. The minimum atomic E-state index is -0.456. The molecule has 0 unspecified atom stereocenters. The van der Waals surface area contributed by atoms with E-state index < -0.39 is 5.41 Å². The van der Waals surface area contributed by atoms with Gasteiger partial charge in [-0.15, -0.1) is 5.06 Å². The van der Waals surface area contributed by atoms with Crippen LogP contribution in [-0.4, -0.2) is 43.8 Å². The normalized spacial score (nSPS) is 19.3. The zero-order valence-corrected chi connectivity index (χ0v) is 14.4. The molecule has 1 saturated heterocycles. The lowest BCUT2D eigenvalue weighted by molar-refractivity contribution is -0.201. The first-order valence-electron chi connectivity index (χ1n) is 8.49. The maximum absolute atomic E-state index is 12.0. The molecule has 0 radical (unpaired) electrons. The summed E-state index contributed by atoms with van der Waals surface area (Å²) < 4.78 is 0. The van der Waals surface area contributed by atoms with Crippen LogP contribution in [-0.2, 0) is 22.6 Å². The third kappa shape index (κ3) is 3.67. The molecule has 5 heteroatoms. The van der Waals surface area contributed by atoms with Crippen molar-refractivity contribution in [3.05, 3.63) is 29.3 Å². The molecule has 0 aliphatic carbocycles. The zero-order chi connectivity index (χ0) is 16.4. The molecule has 0 atom stereocenters. The van der Waals surface area contributed by atoms with Crippen LogP contribution >= 0.6 is 0 Å². The highest BCUT2D eigenvalue weighted by Crippen LogP contribution is 2.27. The Morgan fingerprint density at radius 3 is 2.61 bits per heavy atom. The van der Waals surface area contributed by atoms with Gasteiger partial charge in [-0.25, -0.2) is 4.79 Å². The van der Waals surface area contributed by atoms with E-state index >= 15 is 0 Å². The summed E-state index contributed by atoms with van der Waals surface area (Å²) in [6.07, 6.45) is 1.09. The van der Waals surface area contributed by atoms with Gasteiger partial charge in [0.2, 0.25) is 0 Å². The molecule has 0 bridgehead atoms. The highest BCUT2D eigenvalue weighted by atomic mass is 16.7. The second kappa shape index (κ2) is 6.49. The number of hydroxylamine groups is 2. The van der Waals surface area contributed by atoms with Crippen molar-refractivity contribution >= 4 is 11.7 Å². The van der Waals surface area contributed by atoms with Gasteiger partial charge >= 0.3 is 5.97 Å².